The van der Waals surface area contributed by atoms with E-state index in [-0.39, 0.29) is 25.2 Å². The lowest BCUT2D eigenvalue weighted by Crippen LogP contribution is -2.15. The monoisotopic (exact) mass is 502 g/mol. The van der Waals surface area contributed by atoms with E-state index in [0.717, 1.165) is 12.8 Å². The van der Waals surface area contributed by atoms with E-state index >= 15 is 0 Å². The summed E-state index contributed by atoms with van der Waals surface area (Å²) in [7, 11) is 0. The maximum absolute atomic E-state index is 12.3. The van der Waals surface area contributed by atoms with Crippen molar-refractivity contribution in [2.45, 2.75) is 38.5 Å². The number of ether oxygens (including phenoxy) is 2. The van der Waals surface area contributed by atoms with Crippen molar-refractivity contribution in [3.8, 4) is 22.3 Å². The quantitative estimate of drug-likeness (QED) is 0.168. The van der Waals surface area contributed by atoms with Crippen LogP contribution in [-0.4, -0.2) is 25.2 Å². The third-order valence-electron chi connectivity index (χ3n) is 7.70. The second-order valence-corrected chi connectivity index (χ2v) is 10.00. The molecule has 2 aliphatic carbocycles. The van der Waals surface area contributed by atoms with Gasteiger partial charge in [-0.25, -0.2) is 0 Å². The van der Waals surface area contributed by atoms with Gasteiger partial charge in [-0.05, 0) is 81.3 Å². The second-order valence-electron chi connectivity index (χ2n) is 10.00. The van der Waals surface area contributed by atoms with E-state index in [1.54, 1.807) is 0 Å². The van der Waals surface area contributed by atoms with Crippen LogP contribution < -0.4 is 0 Å². The molecule has 4 aromatic rings. The third kappa shape index (κ3) is 4.87. The second kappa shape index (κ2) is 10.7. The Hall–Kier alpha value is -4.18. The minimum absolute atomic E-state index is 0.0823. The van der Waals surface area contributed by atoms with Gasteiger partial charge in [0.2, 0.25) is 0 Å². The van der Waals surface area contributed by atoms with Crippen LogP contribution in [0, 0.1) is 0 Å². The van der Waals surface area contributed by atoms with Crippen LogP contribution in [0.1, 0.15) is 46.2 Å². The van der Waals surface area contributed by atoms with E-state index in [4.69, 9.17) is 9.47 Å². The van der Waals surface area contributed by atoms with Gasteiger partial charge in [0.05, 0.1) is 0 Å². The van der Waals surface area contributed by atoms with Crippen molar-refractivity contribution in [1.82, 2.24) is 0 Å². The molecule has 38 heavy (non-hydrogen) atoms. The molecule has 0 saturated carbocycles. The largest absolute Gasteiger partial charge is 0.462 e. The number of fused-ring (bicyclic) bond motifs is 6. The Kier molecular flexibility index (Phi) is 6.78. The lowest BCUT2D eigenvalue weighted by atomic mass is 9.98. The summed E-state index contributed by atoms with van der Waals surface area (Å²) in [5, 5.41) is 0. The number of hydrogen-bond donors (Lipinski definition) is 0. The van der Waals surface area contributed by atoms with E-state index in [1.165, 1.54) is 55.6 Å². The van der Waals surface area contributed by atoms with Crippen molar-refractivity contribution in [2.75, 3.05) is 13.2 Å². The van der Waals surface area contributed by atoms with Gasteiger partial charge in [-0.2, -0.15) is 0 Å². The first-order valence-corrected chi connectivity index (χ1v) is 13.4. The average Bonchev–Trinajstić information content (AvgIpc) is 3.52. The zero-order valence-electron chi connectivity index (χ0n) is 21.4. The molecular weight excluding hydrogens is 472 g/mol. The topological polar surface area (TPSA) is 52.6 Å². The van der Waals surface area contributed by atoms with Gasteiger partial charge >= 0.3 is 11.9 Å². The highest BCUT2D eigenvalue weighted by atomic mass is 16.6. The number of rotatable bonds is 9. The summed E-state index contributed by atoms with van der Waals surface area (Å²) in [6, 6.07) is 29.5. The summed E-state index contributed by atoms with van der Waals surface area (Å²) in [4.78, 5) is 24.7. The number of carbonyl (C=O) groups is 2. The van der Waals surface area contributed by atoms with Gasteiger partial charge in [0.25, 0.3) is 0 Å². The number of benzene rings is 4. The van der Waals surface area contributed by atoms with E-state index in [1.807, 2.05) is 0 Å². The van der Waals surface area contributed by atoms with Gasteiger partial charge in [-0.15, -0.1) is 0 Å². The molecule has 6 rings (SSSR count). The third-order valence-corrected chi connectivity index (χ3v) is 7.70. The zero-order valence-corrected chi connectivity index (χ0v) is 21.4. The molecule has 0 radical (unpaired) electrons. The summed E-state index contributed by atoms with van der Waals surface area (Å²) < 4.78 is 10.7. The molecule has 0 bridgehead atoms. The Labute approximate surface area is 223 Å². The average molecular weight is 503 g/mol. The number of carbonyl (C=O) groups excluding carboxylic acids is 2. The normalized spacial score (nSPS) is 12.3. The molecule has 0 N–H and O–H groups in total. The molecule has 4 aromatic carbocycles. The molecule has 4 heteroatoms. The molecule has 0 aromatic heterocycles. The first kappa shape index (κ1) is 24.2. The number of esters is 2. The van der Waals surface area contributed by atoms with Crippen LogP contribution >= 0.6 is 0 Å². The van der Waals surface area contributed by atoms with Crippen LogP contribution in [0.3, 0.4) is 0 Å². The molecule has 0 amide bonds. The Balaban J connectivity index is 0.930. The Morgan fingerprint density at radius 2 is 0.947 bits per heavy atom. The molecule has 2 aliphatic rings. The molecular formula is C34H30O4. The SMILES string of the molecule is O=C(CCc1cccc2c1Cc1ccccc1-2)OCCOC(=O)CCc1cccc2c1Cc1ccccc1-2. The molecule has 0 unspecified atom stereocenters. The van der Waals surface area contributed by atoms with Crippen LogP contribution in [0.4, 0.5) is 0 Å². The van der Waals surface area contributed by atoms with E-state index in [0.29, 0.717) is 25.7 Å². The van der Waals surface area contributed by atoms with Gasteiger partial charge < -0.3 is 9.47 Å². The van der Waals surface area contributed by atoms with Crippen molar-refractivity contribution in [2.24, 2.45) is 0 Å². The standard InChI is InChI=1S/C34H30O4/c35-33(17-15-23-9-5-13-29-27-11-3-1-7-25(27)21-31(23)29)37-19-20-38-34(36)18-16-24-10-6-14-30-28-12-4-2-8-26(28)22-32(24)30/h1-14H,15-22H2. The predicted octanol–water partition coefficient (Wildman–Crippen LogP) is 6.48. The number of hydrogen-bond acceptors (Lipinski definition) is 4. The first-order chi connectivity index (χ1) is 18.7. The zero-order chi connectivity index (χ0) is 25.9. The van der Waals surface area contributed by atoms with Gasteiger partial charge in [0.15, 0.2) is 0 Å². The Morgan fingerprint density at radius 3 is 1.42 bits per heavy atom. The van der Waals surface area contributed by atoms with Crippen molar-refractivity contribution >= 4 is 11.9 Å². The van der Waals surface area contributed by atoms with Crippen molar-refractivity contribution in [3.63, 3.8) is 0 Å². The van der Waals surface area contributed by atoms with Crippen molar-refractivity contribution < 1.29 is 19.1 Å². The van der Waals surface area contributed by atoms with Gasteiger partial charge in [-0.1, -0.05) is 84.9 Å². The molecule has 190 valence electrons. The maximum atomic E-state index is 12.3. The fourth-order valence-corrected chi connectivity index (χ4v) is 5.84. The molecule has 0 spiro atoms. The molecule has 0 atom stereocenters. The van der Waals surface area contributed by atoms with E-state index in [9.17, 15) is 9.59 Å². The first-order valence-electron chi connectivity index (χ1n) is 13.4. The van der Waals surface area contributed by atoms with Gasteiger partial charge in [-0.3, -0.25) is 9.59 Å². The fourth-order valence-electron chi connectivity index (χ4n) is 5.84. The molecule has 0 heterocycles. The Morgan fingerprint density at radius 1 is 0.526 bits per heavy atom. The highest BCUT2D eigenvalue weighted by molar-refractivity contribution is 5.79. The van der Waals surface area contributed by atoms with Crippen molar-refractivity contribution in [1.29, 1.82) is 0 Å². The van der Waals surface area contributed by atoms with Crippen LogP contribution in [0.15, 0.2) is 84.9 Å². The number of aryl methyl sites for hydroxylation is 2. The van der Waals surface area contributed by atoms with Crippen LogP contribution in [0.2, 0.25) is 0 Å². The highest BCUT2D eigenvalue weighted by Crippen LogP contribution is 2.39. The summed E-state index contributed by atoms with van der Waals surface area (Å²) in [6.45, 7) is 0.165. The Bertz CT molecular complexity index is 1400. The lowest BCUT2D eigenvalue weighted by molar-refractivity contribution is -0.152. The van der Waals surface area contributed by atoms with Crippen molar-refractivity contribution in [3.05, 3.63) is 118 Å². The van der Waals surface area contributed by atoms with Gasteiger partial charge in [0, 0.05) is 12.8 Å². The minimum Gasteiger partial charge on any atom is -0.462 e. The predicted molar refractivity (Wildman–Crippen MR) is 148 cm³/mol. The summed E-state index contributed by atoms with van der Waals surface area (Å²) in [5.74, 6) is -0.540. The van der Waals surface area contributed by atoms with Crippen LogP contribution in [0.25, 0.3) is 22.3 Å². The smallest absolute Gasteiger partial charge is 0.306 e. The maximum Gasteiger partial charge on any atom is 0.306 e. The van der Waals surface area contributed by atoms with E-state index < -0.39 is 0 Å². The fraction of sp³-hybridized carbons (Fsp3) is 0.235. The van der Waals surface area contributed by atoms with E-state index in [2.05, 4.69) is 84.9 Å². The molecule has 0 fully saturated rings. The molecule has 0 saturated heterocycles. The highest BCUT2D eigenvalue weighted by Gasteiger charge is 2.22. The molecule has 4 nitrogen and oxygen atoms in total. The molecule has 0 aliphatic heterocycles. The lowest BCUT2D eigenvalue weighted by Gasteiger charge is -2.10. The van der Waals surface area contributed by atoms with Crippen LogP contribution in [0.5, 0.6) is 0 Å². The van der Waals surface area contributed by atoms with Gasteiger partial charge in [0.1, 0.15) is 13.2 Å². The summed E-state index contributed by atoms with van der Waals surface area (Å²) in [6.07, 6.45) is 3.71. The van der Waals surface area contributed by atoms with Crippen LogP contribution in [-0.2, 0) is 44.7 Å². The summed E-state index contributed by atoms with van der Waals surface area (Å²) in [5.41, 5.74) is 12.8. The summed E-state index contributed by atoms with van der Waals surface area (Å²) >= 11 is 0. The minimum atomic E-state index is -0.270.